The molecule has 0 heterocycles. The quantitative estimate of drug-likeness (QED) is 0.450. The molecule has 2 amide bonds. The van der Waals surface area contributed by atoms with Crippen molar-refractivity contribution in [1.29, 1.82) is 0 Å². The minimum Gasteiger partial charge on any atom is -0.494 e. The van der Waals surface area contributed by atoms with Crippen molar-refractivity contribution in [2.75, 3.05) is 29.1 Å². The van der Waals surface area contributed by atoms with Crippen molar-refractivity contribution in [3.8, 4) is 5.75 Å². The van der Waals surface area contributed by atoms with Crippen molar-refractivity contribution in [2.24, 2.45) is 0 Å². The second-order valence-corrected chi connectivity index (χ2v) is 6.95. The SMILES string of the molecule is CCOc1ccc(NC(=O)c2ccc(NCC(=O)Nc3cc(Cl)ccc3F)cc2)cc1. The highest BCUT2D eigenvalue weighted by Gasteiger charge is 2.09. The zero-order chi connectivity index (χ0) is 22.2. The van der Waals surface area contributed by atoms with Crippen LogP contribution in [0.15, 0.2) is 66.7 Å². The third kappa shape index (κ3) is 6.45. The molecule has 0 fully saturated rings. The van der Waals surface area contributed by atoms with Crippen molar-refractivity contribution in [1.82, 2.24) is 0 Å². The number of amides is 2. The number of anilines is 3. The van der Waals surface area contributed by atoms with Gasteiger partial charge in [-0.15, -0.1) is 0 Å². The van der Waals surface area contributed by atoms with E-state index in [1.807, 2.05) is 6.92 Å². The van der Waals surface area contributed by atoms with Crippen LogP contribution >= 0.6 is 11.6 Å². The van der Waals surface area contributed by atoms with Gasteiger partial charge in [0, 0.05) is 22.0 Å². The Kier molecular flexibility index (Phi) is 7.45. The molecule has 0 aliphatic rings. The molecule has 6 nitrogen and oxygen atoms in total. The van der Waals surface area contributed by atoms with E-state index < -0.39 is 11.7 Å². The molecule has 0 radical (unpaired) electrons. The lowest BCUT2D eigenvalue weighted by Crippen LogP contribution is -2.22. The molecule has 160 valence electrons. The molecule has 0 atom stereocenters. The molecule has 8 heteroatoms. The molecule has 3 rings (SSSR count). The topological polar surface area (TPSA) is 79.5 Å². The number of benzene rings is 3. The van der Waals surface area contributed by atoms with Crippen LogP contribution in [0.25, 0.3) is 0 Å². The van der Waals surface area contributed by atoms with Gasteiger partial charge < -0.3 is 20.7 Å². The van der Waals surface area contributed by atoms with Crippen LogP contribution in [0.5, 0.6) is 5.75 Å². The highest BCUT2D eigenvalue weighted by Crippen LogP contribution is 2.20. The van der Waals surface area contributed by atoms with E-state index in [2.05, 4.69) is 16.0 Å². The molecular weight excluding hydrogens is 421 g/mol. The van der Waals surface area contributed by atoms with Crippen LogP contribution in [0, 0.1) is 5.82 Å². The monoisotopic (exact) mass is 441 g/mol. The third-order valence-corrected chi connectivity index (χ3v) is 4.46. The molecule has 0 saturated heterocycles. The largest absolute Gasteiger partial charge is 0.494 e. The zero-order valence-corrected chi connectivity index (χ0v) is 17.5. The first kappa shape index (κ1) is 22.1. The van der Waals surface area contributed by atoms with Gasteiger partial charge >= 0.3 is 0 Å². The van der Waals surface area contributed by atoms with E-state index in [9.17, 15) is 14.0 Å². The maximum absolute atomic E-state index is 13.7. The number of hydrogen-bond acceptors (Lipinski definition) is 4. The van der Waals surface area contributed by atoms with Crippen molar-refractivity contribution < 1.29 is 18.7 Å². The molecular formula is C23H21ClFN3O3. The van der Waals surface area contributed by atoms with E-state index >= 15 is 0 Å². The Hall–Kier alpha value is -3.58. The van der Waals surface area contributed by atoms with Crippen LogP contribution in [0.1, 0.15) is 17.3 Å². The van der Waals surface area contributed by atoms with E-state index in [1.54, 1.807) is 48.5 Å². The van der Waals surface area contributed by atoms with E-state index in [0.29, 0.717) is 28.6 Å². The van der Waals surface area contributed by atoms with E-state index in [4.69, 9.17) is 16.3 Å². The van der Waals surface area contributed by atoms with Crippen molar-refractivity contribution in [3.63, 3.8) is 0 Å². The van der Waals surface area contributed by atoms with Crippen molar-refractivity contribution >= 4 is 40.5 Å². The van der Waals surface area contributed by atoms with Crippen molar-refractivity contribution in [2.45, 2.75) is 6.92 Å². The van der Waals surface area contributed by atoms with Crippen LogP contribution < -0.4 is 20.7 Å². The van der Waals surface area contributed by atoms with Gasteiger partial charge in [-0.05, 0) is 73.7 Å². The van der Waals surface area contributed by atoms with Crippen molar-refractivity contribution in [3.05, 3.63) is 83.1 Å². The number of rotatable bonds is 8. The maximum Gasteiger partial charge on any atom is 0.255 e. The van der Waals surface area contributed by atoms with Gasteiger partial charge in [0.15, 0.2) is 0 Å². The second kappa shape index (κ2) is 10.4. The van der Waals surface area contributed by atoms with E-state index in [-0.39, 0.29) is 18.1 Å². The zero-order valence-electron chi connectivity index (χ0n) is 16.7. The Morgan fingerprint density at radius 2 is 1.61 bits per heavy atom. The summed E-state index contributed by atoms with van der Waals surface area (Å²) in [5.41, 5.74) is 1.77. The van der Waals surface area contributed by atoms with E-state index in [0.717, 1.165) is 5.75 Å². The average molecular weight is 442 g/mol. The maximum atomic E-state index is 13.7. The molecule has 0 spiro atoms. The first-order valence-electron chi connectivity index (χ1n) is 9.57. The number of nitrogens with one attached hydrogen (secondary N) is 3. The first-order valence-corrected chi connectivity index (χ1v) is 9.95. The summed E-state index contributed by atoms with van der Waals surface area (Å²) >= 11 is 5.81. The smallest absolute Gasteiger partial charge is 0.255 e. The molecule has 0 aliphatic heterocycles. The van der Waals surface area contributed by atoms with Crippen LogP contribution in [0.2, 0.25) is 5.02 Å². The molecule has 3 aromatic carbocycles. The number of halogens is 2. The standard InChI is InChI=1S/C23H21ClFN3O3/c1-2-31-19-10-8-18(9-11-19)27-23(30)15-3-6-17(7-4-15)26-14-22(29)28-21-13-16(24)5-12-20(21)25/h3-13,26H,2,14H2,1H3,(H,27,30)(H,28,29). The minimum atomic E-state index is -0.569. The molecule has 0 aromatic heterocycles. The van der Waals surface area contributed by atoms with Crippen LogP contribution in [-0.2, 0) is 4.79 Å². The summed E-state index contributed by atoms with van der Waals surface area (Å²) in [5, 5.41) is 8.51. The highest BCUT2D eigenvalue weighted by molar-refractivity contribution is 6.30. The fourth-order valence-electron chi connectivity index (χ4n) is 2.71. The number of carbonyl (C=O) groups is 2. The predicted molar refractivity (Wildman–Crippen MR) is 121 cm³/mol. The van der Waals surface area contributed by atoms with Gasteiger partial charge in [0.2, 0.25) is 5.91 Å². The molecule has 31 heavy (non-hydrogen) atoms. The van der Waals surface area contributed by atoms with Gasteiger partial charge in [-0.2, -0.15) is 0 Å². The fraction of sp³-hybridized carbons (Fsp3) is 0.130. The Morgan fingerprint density at radius 1 is 0.935 bits per heavy atom. The molecule has 3 N–H and O–H groups in total. The van der Waals surface area contributed by atoms with Gasteiger partial charge in [-0.25, -0.2) is 4.39 Å². The summed E-state index contributed by atoms with van der Waals surface area (Å²) in [6.45, 7) is 2.40. The summed E-state index contributed by atoms with van der Waals surface area (Å²) in [5.74, 6) is -0.526. The fourth-order valence-corrected chi connectivity index (χ4v) is 2.89. The summed E-state index contributed by atoms with van der Waals surface area (Å²) in [6.07, 6.45) is 0. The minimum absolute atomic E-state index is 0.0145. The van der Waals surface area contributed by atoms with Crippen LogP contribution in [0.4, 0.5) is 21.5 Å². The van der Waals surface area contributed by atoms with E-state index in [1.165, 1.54) is 18.2 Å². The van der Waals surface area contributed by atoms with Crippen LogP contribution in [0.3, 0.4) is 0 Å². The summed E-state index contributed by atoms with van der Waals surface area (Å²) in [7, 11) is 0. The Morgan fingerprint density at radius 3 is 2.29 bits per heavy atom. The number of hydrogen-bond donors (Lipinski definition) is 3. The number of carbonyl (C=O) groups excluding carboxylic acids is 2. The molecule has 3 aromatic rings. The Labute approximate surface area is 184 Å². The lowest BCUT2D eigenvalue weighted by atomic mass is 10.2. The molecule has 0 aliphatic carbocycles. The summed E-state index contributed by atoms with van der Waals surface area (Å²) < 4.78 is 19.1. The van der Waals surface area contributed by atoms with Crippen LogP contribution in [-0.4, -0.2) is 25.0 Å². The second-order valence-electron chi connectivity index (χ2n) is 6.51. The first-order chi connectivity index (χ1) is 14.9. The normalized spacial score (nSPS) is 10.3. The number of ether oxygens (including phenoxy) is 1. The van der Waals surface area contributed by atoms with Gasteiger partial charge in [-0.3, -0.25) is 9.59 Å². The predicted octanol–water partition coefficient (Wildman–Crippen LogP) is 5.18. The molecule has 0 unspecified atom stereocenters. The summed E-state index contributed by atoms with van der Waals surface area (Å²) in [4.78, 5) is 24.4. The van der Waals surface area contributed by atoms with Gasteiger partial charge in [-0.1, -0.05) is 11.6 Å². The molecule has 0 saturated carbocycles. The van der Waals surface area contributed by atoms with Gasteiger partial charge in [0.05, 0.1) is 18.8 Å². The lowest BCUT2D eigenvalue weighted by molar-refractivity contribution is -0.114. The van der Waals surface area contributed by atoms with Gasteiger partial charge in [0.1, 0.15) is 11.6 Å². The van der Waals surface area contributed by atoms with Gasteiger partial charge in [0.25, 0.3) is 5.91 Å². The molecule has 0 bridgehead atoms. The highest BCUT2D eigenvalue weighted by atomic mass is 35.5. The lowest BCUT2D eigenvalue weighted by Gasteiger charge is -2.10. The summed E-state index contributed by atoms with van der Waals surface area (Å²) in [6, 6.07) is 17.7. The third-order valence-electron chi connectivity index (χ3n) is 4.23. The Balaban J connectivity index is 1.51. The average Bonchev–Trinajstić information content (AvgIpc) is 2.77. The Bertz CT molecular complexity index is 1060.